The van der Waals surface area contributed by atoms with Crippen molar-refractivity contribution in [3.05, 3.63) is 60.4 Å². The van der Waals surface area contributed by atoms with Crippen LogP contribution >= 0.6 is 0 Å². The lowest BCUT2D eigenvalue weighted by Gasteiger charge is -2.32. The highest BCUT2D eigenvalue weighted by Crippen LogP contribution is 2.20. The van der Waals surface area contributed by atoms with E-state index in [0.29, 0.717) is 13.1 Å². The Morgan fingerprint density at radius 2 is 2.00 bits per heavy atom. The van der Waals surface area contributed by atoms with Gasteiger partial charge in [0.25, 0.3) is 0 Å². The standard InChI is InChI=1S/C20H24N4O2/c1-15(16-7-5-11-21-13-16)22-19(25)17-8-6-12-24(14-17)20(26)23-18-9-3-2-4-10-18/h2-5,7,9-11,13,15,17H,6,8,12,14H2,1H3,(H,22,25)(H,23,26). The molecule has 0 aliphatic carbocycles. The molecule has 3 rings (SSSR count). The summed E-state index contributed by atoms with van der Waals surface area (Å²) in [7, 11) is 0. The molecule has 1 aromatic heterocycles. The maximum absolute atomic E-state index is 12.6. The molecule has 2 atom stereocenters. The summed E-state index contributed by atoms with van der Waals surface area (Å²) in [6, 6.07) is 12.9. The second kappa shape index (κ2) is 8.47. The van der Waals surface area contributed by atoms with E-state index in [9.17, 15) is 9.59 Å². The van der Waals surface area contributed by atoms with Gasteiger partial charge in [0.1, 0.15) is 0 Å². The van der Waals surface area contributed by atoms with Crippen LogP contribution in [0.2, 0.25) is 0 Å². The van der Waals surface area contributed by atoms with Gasteiger partial charge in [0.2, 0.25) is 5.91 Å². The first kappa shape index (κ1) is 17.9. The van der Waals surface area contributed by atoms with Gasteiger partial charge in [-0.2, -0.15) is 0 Å². The number of pyridine rings is 1. The normalized spacial score (nSPS) is 18.0. The molecule has 1 aliphatic heterocycles. The van der Waals surface area contributed by atoms with Gasteiger partial charge in [-0.05, 0) is 43.5 Å². The van der Waals surface area contributed by atoms with Crippen molar-refractivity contribution in [1.82, 2.24) is 15.2 Å². The molecule has 1 fully saturated rings. The summed E-state index contributed by atoms with van der Waals surface area (Å²) < 4.78 is 0. The molecule has 2 unspecified atom stereocenters. The minimum absolute atomic E-state index is 0.0152. The number of para-hydroxylation sites is 1. The number of rotatable bonds is 4. The van der Waals surface area contributed by atoms with E-state index in [4.69, 9.17) is 0 Å². The van der Waals surface area contributed by atoms with E-state index in [-0.39, 0.29) is 23.9 Å². The summed E-state index contributed by atoms with van der Waals surface area (Å²) in [4.78, 5) is 30.9. The van der Waals surface area contributed by atoms with E-state index >= 15 is 0 Å². The smallest absolute Gasteiger partial charge is 0.321 e. The van der Waals surface area contributed by atoms with Crippen molar-refractivity contribution >= 4 is 17.6 Å². The number of carbonyl (C=O) groups excluding carboxylic acids is 2. The summed E-state index contributed by atoms with van der Waals surface area (Å²) in [6.07, 6.45) is 5.08. The highest BCUT2D eigenvalue weighted by molar-refractivity contribution is 5.90. The number of piperidine rings is 1. The number of hydrogen-bond acceptors (Lipinski definition) is 3. The van der Waals surface area contributed by atoms with Crippen LogP contribution < -0.4 is 10.6 Å². The van der Waals surface area contributed by atoms with E-state index < -0.39 is 0 Å². The summed E-state index contributed by atoms with van der Waals surface area (Å²) in [6.45, 7) is 3.04. The molecule has 2 heterocycles. The second-order valence-corrected chi connectivity index (χ2v) is 6.60. The minimum Gasteiger partial charge on any atom is -0.349 e. The maximum atomic E-state index is 12.6. The molecule has 1 aliphatic rings. The number of carbonyl (C=O) groups is 2. The quantitative estimate of drug-likeness (QED) is 0.887. The van der Waals surface area contributed by atoms with Crippen LogP contribution in [0.1, 0.15) is 31.4 Å². The molecular weight excluding hydrogens is 328 g/mol. The predicted molar refractivity (Wildman–Crippen MR) is 101 cm³/mol. The third-order valence-corrected chi connectivity index (χ3v) is 4.65. The lowest BCUT2D eigenvalue weighted by molar-refractivity contribution is -0.126. The van der Waals surface area contributed by atoms with Crippen LogP contribution in [-0.2, 0) is 4.79 Å². The first-order valence-corrected chi connectivity index (χ1v) is 8.95. The molecule has 26 heavy (non-hydrogen) atoms. The van der Waals surface area contributed by atoms with Gasteiger partial charge in [0.15, 0.2) is 0 Å². The molecule has 2 aromatic rings. The van der Waals surface area contributed by atoms with Crippen molar-refractivity contribution in [1.29, 1.82) is 0 Å². The van der Waals surface area contributed by atoms with Gasteiger partial charge in [-0.15, -0.1) is 0 Å². The Morgan fingerprint density at radius 1 is 1.19 bits per heavy atom. The molecule has 0 spiro atoms. The Morgan fingerprint density at radius 3 is 2.73 bits per heavy atom. The zero-order chi connectivity index (χ0) is 18.4. The van der Waals surface area contributed by atoms with Crippen LogP contribution in [0.5, 0.6) is 0 Å². The zero-order valence-electron chi connectivity index (χ0n) is 14.9. The molecule has 1 aromatic carbocycles. The van der Waals surface area contributed by atoms with Gasteiger partial charge in [-0.1, -0.05) is 24.3 Å². The molecule has 6 heteroatoms. The van der Waals surface area contributed by atoms with E-state index in [1.165, 1.54) is 0 Å². The molecule has 136 valence electrons. The van der Waals surface area contributed by atoms with Crippen molar-refractivity contribution in [2.45, 2.75) is 25.8 Å². The Bertz CT molecular complexity index is 736. The number of likely N-dealkylation sites (tertiary alicyclic amines) is 1. The largest absolute Gasteiger partial charge is 0.349 e. The van der Waals surface area contributed by atoms with Gasteiger partial charge < -0.3 is 15.5 Å². The summed E-state index contributed by atoms with van der Waals surface area (Å²) >= 11 is 0. The number of benzene rings is 1. The third-order valence-electron chi connectivity index (χ3n) is 4.65. The van der Waals surface area contributed by atoms with Gasteiger partial charge >= 0.3 is 6.03 Å². The van der Waals surface area contributed by atoms with Gasteiger partial charge in [-0.3, -0.25) is 9.78 Å². The number of amides is 3. The minimum atomic E-state index is -0.190. The topological polar surface area (TPSA) is 74.3 Å². The Balaban J connectivity index is 1.55. The van der Waals surface area contributed by atoms with Crippen molar-refractivity contribution < 1.29 is 9.59 Å². The van der Waals surface area contributed by atoms with Crippen molar-refractivity contribution in [2.24, 2.45) is 5.92 Å². The fourth-order valence-corrected chi connectivity index (χ4v) is 3.15. The van der Waals surface area contributed by atoms with Gasteiger partial charge in [0.05, 0.1) is 12.0 Å². The lowest BCUT2D eigenvalue weighted by atomic mass is 9.96. The van der Waals surface area contributed by atoms with Crippen LogP contribution in [0.15, 0.2) is 54.9 Å². The average molecular weight is 352 g/mol. The first-order valence-electron chi connectivity index (χ1n) is 8.95. The summed E-state index contributed by atoms with van der Waals surface area (Å²) in [5.74, 6) is -0.206. The maximum Gasteiger partial charge on any atom is 0.321 e. The molecule has 0 radical (unpaired) electrons. The summed E-state index contributed by atoms with van der Waals surface area (Å²) in [5.41, 5.74) is 1.73. The molecule has 6 nitrogen and oxygen atoms in total. The highest BCUT2D eigenvalue weighted by atomic mass is 16.2. The number of aromatic nitrogens is 1. The monoisotopic (exact) mass is 352 g/mol. The van der Waals surface area contributed by atoms with Crippen LogP contribution in [0.25, 0.3) is 0 Å². The first-order chi connectivity index (χ1) is 12.6. The van der Waals surface area contributed by atoms with E-state index in [1.807, 2.05) is 49.4 Å². The number of nitrogens with zero attached hydrogens (tertiary/aromatic N) is 2. The average Bonchev–Trinajstić information content (AvgIpc) is 2.69. The molecule has 2 N–H and O–H groups in total. The Kier molecular flexibility index (Phi) is 5.84. The van der Waals surface area contributed by atoms with Crippen molar-refractivity contribution in [3.8, 4) is 0 Å². The third kappa shape index (κ3) is 4.59. The van der Waals surface area contributed by atoms with E-state index in [0.717, 1.165) is 24.1 Å². The van der Waals surface area contributed by atoms with Crippen LogP contribution in [0.3, 0.4) is 0 Å². The van der Waals surface area contributed by atoms with Gasteiger partial charge in [-0.25, -0.2) is 4.79 Å². The predicted octanol–water partition coefficient (Wildman–Crippen LogP) is 3.20. The number of nitrogens with one attached hydrogen (secondary N) is 2. The number of hydrogen-bond donors (Lipinski definition) is 2. The van der Waals surface area contributed by atoms with Crippen LogP contribution in [0, 0.1) is 5.92 Å². The van der Waals surface area contributed by atoms with E-state index in [1.54, 1.807) is 17.3 Å². The molecule has 1 saturated heterocycles. The fourth-order valence-electron chi connectivity index (χ4n) is 3.15. The molecule has 0 saturated carbocycles. The van der Waals surface area contributed by atoms with Crippen LogP contribution in [-0.4, -0.2) is 34.9 Å². The molecule has 3 amide bonds. The molecule has 0 bridgehead atoms. The van der Waals surface area contributed by atoms with Crippen LogP contribution in [0.4, 0.5) is 10.5 Å². The Hall–Kier alpha value is -2.89. The van der Waals surface area contributed by atoms with Gasteiger partial charge in [0, 0.05) is 31.2 Å². The summed E-state index contributed by atoms with van der Waals surface area (Å²) in [5, 5.41) is 5.92. The number of anilines is 1. The highest BCUT2D eigenvalue weighted by Gasteiger charge is 2.29. The second-order valence-electron chi connectivity index (χ2n) is 6.60. The number of urea groups is 1. The van der Waals surface area contributed by atoms with Crippen molar-refractivity contribution in [3.63, 3.8) is 0 Å². The molecular formula is C20H24N4O2. The van der Waals surface area contributed by atoms with E-state index in [2.05, 4.69) is 15.6 Å². The lowest BCUT2D eigenvalue weighted by Crippen LogP contribution is -2.47. The van der Waals surface area contributed by atoms with Crippen molar-refractivity contribution in [2.75, 3.05) is 18.4 Å². The Labute approximate surface area is 153 Å². The fraction of sp³-hybridized carbons (Fsp3) is 0.350. The zero-order valence-corrected chi connectivity index (χ0v) is 14.9. The SMILES string of the molecule is CC(NC(=O)C1CCCN(C(=O)Nc2ccccc2)C1)c1cccnc1.